The first kappa shape index (κ1) is 15.7. The third-order valence-electron chi connectivity index (χ3n) is 4.26. The maximum absolute atomic E-state index is 12.4. The topological polar surface area (TPSA) is 79.3 Å². The van der Waals surface area contributed by atoms with E-state index >= 15 is 0 Å². The van der Waals surface area contributed by atoms with Crippen molar-refractivity contribution in [2.24, 2.45) is 11.8 Å². The lowest BCUT2D eigenvalue weighted by Crippen LogP contribution is -2.29. The van der Waals surface area contributed by atoms with Crippen LogP contribution in [0.4, 0.5) is 5.69 Å². The van der Waals surface area contributed by atoms with E-state index in [1.54, 1.807) is 17.5 Å². The van der Waals surface area contributed by atoms with Crippen molar-refractivity contribution in [2.45, 2.75) is 25.7 Å². The number of rotatable bonds is 4. The fourth-order valence-electron chi connectivity index (χ4n) is 2.94. The second-order valence-corrected chi connectivity index (χ2v) is 6.69. The molecule has 6 heteroatoms. The Morgan fingerprint density at radius 2 is 1.91 bits per heavy atom. The first-order chi connectivity index (χ1) is 11.1. The molecule has 0 spiro atoms. The predicted octanol–water partition coefficient (Wildman–Crippen LogP) is 3.64. The van der Waals surface area contributed by atoms with Crippen molar-refractivity contribution in [1.29, 1.82) is 0 Å². The van der Waals surface area contributed by atoms with Crippen LogP contribution in [0, 0.1) is 11.8 Å². The zero-order valence-corrected chi connectivity index (χ0v) is 13.4. The van der Waals surface area contributed by atoms with Gasteiger partial charge in [-0.15, -0.1) is 11.3 Å². The number of carboxylic acids is 1. The minimum atomic E-state index is -0.750. The smallest absolute Gasteiger partial charge is 0.306 e. The normalized spacial score (nSPS) is 20.9. The van der Waals surface area contributed by atoms with Gasteiger partial charge in [0.2, 0.25) is 5.91 Å². The molecule has 2 N–H and O–H groups in total. The molecule has 23 heavy (non-hydrogen) atoms. The van der Waals surface area contributed by atoms with Gasteiger partial charge in [-0.2, -0.15) is 0 Å². The summed E-state index contributed by atoms with van der Waals surface area (Å²) in [6, 6.07) is 7.64. The van der Waals surface area contributed by atoms with Crippen molar-refractivity contribution >= 4 is 28.9 Å². The molecule has 3 rings (SSSR count). The minimum absolute atomic E-state index is 0.0230. The first-order valence-corrected chi connectivity index (χ1v) is 8.55. The fourth-order valence-corrected chi connectivity index (χ4v) is 3.58. The molecule has 1 aromatic carbocycles. The summed E-state index contributed by atoms with van der Waals surface area (Å²) in [5.74, 6) is -1.17. The molecule has 0 bridgehead atoms. The van der Waals surface area contributed by atoms with Gasteiger partial charge in [0.15, 0.2) is 0 Å². The SMILES string of the molecule is O=C(O)C1CCC(C(=O)Nc2cccc(-c3nccs3)c2)CC1. The van der Waals surface area contributed by atoms with Crippen LogP contribution in [0.2, 0.25) is 0 Å². The maximum atomic E-state index is 12.4. The van der Waals surface area contributed by atoms with Crippen LogP contribution in [-0.4, -0.2) is 22.0 Å². The number of carboxylic acid groups (broad SMARTS) is 1. The molecule has 1 aliphatic carbocycles. The van der Waals surface area contributed by atoms with Crippen molar-refractivity contribution in [3.05, 3.63) is 35.8 Å². The molecule has 0 unspecified atom stereocenters. The number of thiazole rings is 1. The van der Waals surface area contributed by atoms with Crippen LogP contribution in [0.25, 0.3) is 10.6 Å². The number of aliphatic carboxylic acids is 1. The summed E-state index contributed by atoms with van der Waals surface area (Å²) in [5.41, 5.74) is 1.73. The van der Waals surface area contributed by atoms with Crippen LogP contribution in [-0.2, 0) is 9.59 Å². The fraction of sp³-hybridized carbons (Fsp3) is 0.353. The lowest BCUT2D eigenvalue weighted by molar-refractivity contribution is -0.143. The van der Waals surface area contributed by atoms with Crippen molar-refractivity contribution in [2.75, 3.05) is 5.32 Å². The Morgan fingerprint density at radius 3 is 2.57 bits per heavy atom. The molecular formula is C17H18N2O3S. The van der Waals surface area contributed by atoms with Gasteiger partial charge in [0, 0.05) is 28.7 Å². The van der Waals surface area contributed by atoms with E-state index in [1.807, 2.05) is 29.6 Å². The molecule has 2 aromatic rings. The summed E-state index contributed by atoms with van der Waals surface area (Å²) in [5, 5.41) is 14.8. The van der Waals surface area contributed by atoms with Crippen molar-refractivity contribution in [3.63, 3.8) is 0 Å². The zero-order valence-electron chi connectivity index (χ0n) is 12.6. The van der Waals surface area contributed by atoms with Gasteiger partial charge in [-0.05, 0) is 37.8 Å². The standard InChI is InChI=1S/C17H18N2O3S/c20-15(11-4-6-12(7-5-11)17(21)22)19-14-3-1-2-13(10-14)16-18-8-9-23-16/h1-3,8-12H,4-7H2,(H,19,20)(H,21,22). The van der Waals surface area contributed by atoms with E-state index in [2.05, 4.69) is 10.3 Å². The number of anilines is 1. The highest BCUT2D eigenvalue weighted by Crippen LogP contribution is 2.30. The highest BCUT2D eigenvalue weighted by Gasteiger charge is 2.29. The van der Waals surface area contributed by atoms with Crippen LogP contribution in [0.15, 0.2) is 35.8 Å². The van der Waals surface area contributed by atoms with E-state index in [-0.39, 0.29) is 17.7 Å². The van der Waals surface area contributed by atoms with Gasteiger partial charge in [0.05, 0.1) is 5.92 Å². The molecule has 1 heterocycles. The first-order valence-electron chi connectivity index (χ1n) is 7.67. The predicted molar refractivity (Wildman–Crippen MR) is 89.3 cm³/mol. The van der Waals surface area contributed by atoms with E-state index in [0.29, 0.717) is 25.7 Å². The Morgan fingerprint density at radius 1 is 1.17 bits per heavy atom. The third-order valence-corrected chi connectivity index (χ3v) is 5.08. The summed E-state index contributed by atoms with van der Waals surface area (Å²) in [6.45, 7) is 0. The number of nitrogens with one attached hydrogen (secondary N) is 1. The second kappa shape index (κ2) is 6.91. The van der Waals surface area contributed by atoms with Gasteiger partial charge in [0.25, 0.3) is 0 Å². The Balaban J connectivity index is 1.62. The average molecular weight is 330 g/mol. The molecule has 1 aliphatic rings. The number of amides is 1. The van der Waals surface area contributed by atoms with E-state index in [9.17, 15) is 9.59 Å². The van der Waals surface area contributed by atoms with Gasteiger partial charge in [-0.25, -0.2) is 4.98 Å². The third kappa shape index (κ3) is 3.76. The molecule has 1 fully saturated rings. The highest BCUT2D eigenvalue weighted by molar-refractivity contribution is 7.13. The van der Waals surface area contributed by atoms with Gasteiger partial charge in [0.1, 0.15) is 5.01 Å². The summed E-state index contributed by atoms with van der Waals surface area (Å²) in [7, 11) is 0. The molecule has 0 aliphatic heterocycles. The Bertz CT molecular complexity index is 692. The zero-order chi connectivity index (χ0) is 16.2. The Kier molecular flexibility index (Phi) is 4.71. The molecule has 120 valence electrons. The van der Waals surface area contributed by atoms with Gasteiger partial charge in [-0.1, -0.05) is 12.1 Å². The molecule has 0 radical (unpaired) electrons. The molecule has 5 nitrogen and oxygen atoms in total. The molecule has 1 amide bonds. The highest BCUT2D eigenvalue weighted by atomic mass is 32.1. The molecule has 1 saturated carbocycles. The van der Waals surface area contributed by atoms with Crippen molar-refractivity contribution in [1.82, 2.24) is 4.98 Å². The van der Waals surface area contributed by atoms with Gasteiger partial charge >= 0.3 is 5.97 Å². The second-order valence-electron chi connectivity index (χ2n) is 5.79. The Hall–Kier alpha value is -2.21. The summed E-state index contributed by atoms with van der Waals surface area (Å²) >= 11 is 1.56. The van der Waals surface area contributed by atoms with Crippen LogP contribution in [0.1, 0.15) is 25.7 Å². The maximum Gasteiger partial charge on any atom is 0.306 e. The molecule has 1 aromatic heterocycles. The van der Waals surface area contributed by atoms with E-state index in [0.717, 1.165) is 16.3 Å². The summed E-state index contributed by atoms with van der Waals surface area (Å²) in [6.07, 6.45) is 4.18. The van der Waals surface area contributed by atoms with Crippen molar-refractivity contribution < 1.29 is 14.7 Å². The van der Waals surface area contributed by atoms with E-state index < -0.39 is 5.97 Å². The molecular weight excluding hydrogens is 312 g/mol. The minimum Gasteiger partial charge on any atom is -0.481 e. The van der Waals surface area contributed by atoms with Gasteiger partial charge in [-0.3, -0.25) is 9.59 Å². The lowest BCUT2D eigenvalue weighted by atomic mass is 9.81. The Labute approximate surface area is 138 Å². The number of carbonyl (C=O) groups excluding carboxylic acids is 1. The van der Waals surface area contributed by atoms with Crippen LogP contribution < -0.4 is 5.32 Å². The van der Waals surface area contributed by atoms with E-state index in [1.165, 1.54) is 0 Å². The number of hydrogen-bond acceptors (Lipinski definition) is 4. The van der Waals surface area contributed by atoms with Gasteiger partial charge < -0.3 is 10.4 Å². The van der Waals surface area contributed by atoms with Crippen molar-refractivity contribution in [3.8, 4) is 10.6 Å². The lowest BCUT2D eigenvalue weighted by Gasteiger charge is -2.25. The summed E-state index contributed by atoms with van der Waals surface area (Å²) in [4.78, 5) is 27.6. The monoisotopic (exact) mass is 330 g/mol. The number of hydrogen-bond donors (Lipinski definition) is 2. The molecule has 0 saturated heterocycles. The van der Waals surface area contributed by atoms with Crippen LogP contribution >= 0.6 is 11.3 Å². The quantitative estimate of drug-likeness (QED) is 0.897. The molecule has 0 atom stereocenters. The number of nitrogens with zero attached hydrogens (tertiary/aromatic N) is 1. The number of carbonyl (C=O) groups is 2. The van der Waals surface area contributed by atoms with Crippen LogP contribution in [0.5, 0.6) is 0 Å². The van der Waals surface area contributed by atoms with E-state index in [4.69, 9.17) is 5.11 Å². The largest absolute Gasteiger partial charge is 0.481 e. The number of benzene rings is 1. The summed E-state index contributed by atoms with van der Waals surface area (Å²) < 4.78 is 0. The average Bonchev–Trinajstić information content (AvgIpc) is 3.10. The van der Waals surface area contributed by atoms with Crippen LogP contribution in [0.3, 0.4) is 0 Å². The number of aromatic nitrogens is 1.